The lowest BCUT2D eigenvalue weighted by atomic mass is 10.2. The number of hydrogen-bond acceptors (Lipinski definition) is 2. The van der Waals surface area contributed by atoms with Gasteiger partial charge in [-0.1, -0.05) is 0 Å². The SMILES string of the molecule is O=C1C=C(C2CC2)C(=O)N1. The minimum absolute atomic E-state index is 0.187. The summed E-state index contributed by atoms with van der Waals surface area (Å²) in [6.45, 7) is 0. The van der Waals surface area contributed by atoms with E-state index in [-0.39, 0.29) is 11.8 Å². The van der Waals surface area contributed by atoms with E-state index in [0.29, 0.717) is 11.5 Å². The van der Waals surface area contributed by atoms with Crippen molar-refractivity contribution in [1.82, 2.24) is 5.32 Å². The molecule has 1 saturated carbocycles. The Morgan fingerprint density at radius 1 is 1.40 bits per heavy atom. The van der Waals surface area contributed by atoms with E-state index in [4.69, 9.17) is 0 Å². The molecule has 2 aliphatic rings. The zero-order valence-electron chi connectivity index (χ0n) is 5.39. The smallest absolute Gasteiger partial charge is 0.254 e. The monoisotopic (exact) mass is 137 g/mol. The maximum atomic E-state index is 10.9. The van der Waals surface area contributed by atoms with Gasteiger partial charge in [-0.05, 0) is 18.8 Å². The van der Waals surface area contributed by atoms with Gasteiger partial charge in [0.15, 0.2) is 0 Å². The van der Waals surface area contributed by atoms with Crippen molar-refractivity contribution in [3.05, 3.63) is 11.6 Å². The van der Waals surface area contributed by atoms with Gasteiger partial charge < -0.3 is 0 Å². The number of rotatable bonds is 1. The van der Waals surface area contributed by atoms with Gasteiger partial charge in [0, 0.05) is 11.6 Å². The molecule has 0 saturated heterocycles. The Labute approximate surface area is 58.1 Å². The lowest BCUT2D eigenvalue weighted by Gasteiger charge is -1.91. The van der Waals surface area contributed by atoms with Crippen LogP contribution in [-0.2, 0) is 9.59 Å². The Hall–Kier alpha value is -1.12. The van der Waals surface area contributed by atoms with Crippen molar-refractivity contribution in [2.24, 2.45) is 5.92 Å². The molecular formula is C7H7NO2. The first-order valence-electron chi connectivity index (χ1n) is 3.34. The van der Waals surface area contributed by atoms with E-state index in [1.807, 2.05) is 0 Å². The van der Waals surface area contributed by atoms with Gasteiger partial charge in [-0.2, -0.15) is 0 Å². The molecule has 2 amide bonds. The Bertz CT molecular complexity index is 238. The Morgan fingerprint density at radius 2 is 2.10 bits per heavy atom. The predicted molar refractivity (Wildman–Crippen MR) is 34.0 cm³/mol. The zero-order valence-corrected chi connectivity index (χ0v) is 5.39. The highest BCUT2D eigenvalue weighted by Gasteiger charge is 2.34. The molecule has 1 aliphatic heterocycles. The van der Waals surface area contributed by atoms with Crippen LogP contribution in [0.3, 0.4) is 0 Å². The highest BCUT2D eigenvalue weighted by Crippen LogP contribution is 2.37. The Morgan fingerprint density at radius 3 is 2.50 bits per heavy atom. The lowest BCUT2D eigenvalue weighted by Crippen LogP contribution is -2.22. The summed E-state index contributed by atoms with van der Waals surface area (Å²) in [5.74, 6) is -0.0640. The fraction of sp³-hybridized carbons (Fsp3) is 0.429. The fourth-order valence-corrected chi connectivity index (χ4v) is 1.12. The molecule has 0 unspecified atom stereocenters. The summed E-state index contributed by atoms with van der Waals surface area (Å²) in [6.07, 6.45) is 3.54. The topological polar surface area (TPSA) is 46.2 Å². The van der Waals surface area contributed by atoms with Gasteiger partial charge in [0.05, 0.1) is 0 Å². The average Bonchev–Trinajstić information content (AvgIpc) is 2.61. The number of nitrogens with one attached hydrogen (secondary N) is 1. The third-order valence-corrected chi connectivity index (χ3v) is 1.80. The van der Waals surface area contributed by atoms with Crippen molar-refractivity contribution in [2.75, 3.05) is 0 Å². The fourth-order valence-electron chi connectivity index (χ4n) is 1.12. The molecule has 1 fully saturated rings. The molecule has 0 spiro atoms. The van der Waals surface area contributed by atoms with Gasteiger partial charge in [-0.3, -0.25) is 14.9 Å². The standard InChI is InChI=1S/C7H7NO2/c9-6-3-5(4-1-2-4)7(10)8-6/h3-4H,1-2H2,(H,8,9,10). The van der Waals surface area contributed by atoms with Crippen molar-refractivity contribution in [2.45, 2.75) is 12.8 Å². The molecule has 10 heavy (non-hydrogen) atoms. The van der Waals surface area contributed by atoms with Gasteiger partial charge in [0.2, 0.25) is 0 Å². The summed E-state index contributed by atoms with van der Waals surface area (Å²) in [6, 6.07) is 0. The average molecular weight is 137 g/mol. The molecule has 0 atom stereocenters. The molecule has 1 N–H and O–H groups in total. The molecule has 1 heterocycles. The third-order valence-electron chi connectivity index (χ3n) is 1.80. The molecule has 0 aromatic carbocycles. The summed E-state index contributed by atoms with van der Waals surface area (Å²) < 4.78 is 0. The zero-order chi connectivity index (χ0) is 7.14. The number of imide groups is 1. The van der Waals surface area contributed by atoms with E-state index >= 15 is 0 Å². The summed E-state index contributed by atoms with van der Waals surface area (Å²) in [5, 5.41) is 2.22. The summed E-state index contributed by atoms with van der Waals surface area (Å²) in [5.41, 5.74) is 0.685. The van der Waals surface area contributed by atoms with Gasteiger partial charge in [0.1, 0.15) is 0 Å². The summed E-state index contributed by atoms with van der Waals surface area (Å²) in [7, 11) is 0. The van der Waals surface area contributed by atoms with Crippen LogP contribution in [0.15, 0.2) is 11.6 Å². The van der Waals surface area contributed by atoms with Crippen LogP contribution >= 0.6 is 0 Å². The van der Waals surface area contributed by atoms with Crippen molar-refractivity contribution >= 4 is 11.8 Å². The van der Waals surface area contributed by atoms with Crippen LogP contribution in [0.4, 0.5) is 0 Å². The van der Waals surface area contributed by atoms with Gasteiger partial charge in [-0.25, -0.2) is 0 Å². The van der Waals surface area contributed by atoms with E-state index in [1.54, 1.807) is 0 Å². The van der Waals surface area contributed by atoms with Crippen molar-refractivity contribution in [3.8, 4) is 0 Å². The first kappa shape index (κ1) is 5.65. The van der Waals surface area contributed by atoms with E-state index in [1.165, 1.54) is 6.08 Å². The van der Waals surface area contributed by atoms with Crippen LogP contribution in [0.1, 0.15) is 12.8 Å². The largest absolute Gasteiger partial charge is 0.289 e. The van der Waals surface area contributed by atoms with Crippen LogP contribution in [0.25, 0.3) is 0 Å². The molecule has 3 nitrogen and oxygen atoms in total. The van der Waals surface area contributed by atoms with E-state index < -0.39 is 0 Å². The first-order chi connectivity index (χ1) is 4.77. The maximum absolute atomic E-state index is 10.9. The van der Waals surface area contributed by atoms with Crippen LogP contribution in [0, 0.1) is 5.92 Å². The lowest BCUT2D eigenvalue weighted by molar-refractivity contribution is -0.123. The van der Waals surface area contributed by atoms with Crippen LogP contribution in [-0.4, -0.2) is 11.8 Å². The van der Waals surface area contributed by atoms with Crippen LogP contribution in [0.5, 0.6) is 0 Å². The molecule has 52 valence electrons. The molecule has 3 heteroatoms. The van der Waals surface area contributed by atoms with Crippen LogP contribution < -0.4 is 5.32 Å². The molecule has 2 rings (SSSR count). The number of amides is 2. The molecule has 1 aliphatic carbocycles. The Kier molecular flexibility index (Phi) is 0.952. The summed E-state index contributed by atoms with van der Waals surface area (Å²) in [4.78, 5) is 21.5. The van der Waals surface area contributed by atoms with Gasteiger partial charge >= 0.3 is 0 Å². The number of carbonyl (C=O) groups excluding carboxylic acids is 2. The van der Waals surface area contributed by atoms with Gasteiger partial charge in [-0.15, -0.1) is 0 Å². The second-order valence-corrected chi connectivity index (χ2v) is 2.69. The normalized spacial score (nSPS) is 24.6. The highest BCUT2D eigenvalue weighted by atomic mass is 16.2. The molecule has 0 aromatic heterocycles. The Balaban J connectivity index is 2.25. The quantitative estimate of drug-likeness (QED) is 0.516. The first-order valence-corrected chi connectivity index (χ1v) is 3.34. The second-order valence-electron chi connectivity index (χ2n) is 2.69. The van der Waals surface area contributed by atoms with E-state index in [9.17, 15) is 9.59 Å². The molecule has 0 aromatic rings. The van der Waals surface area contributed by atoms with Crippen LogP contribution in [0.2, 0.25) is 0 Å². The van der Waals surface area contributed by atoms with Gasteiger partial charge in [0.25, 0.3) is 11.8 Å². The maximum Gasteiger partial charge on any atom is 0.254 e. The van der Waals surface area contributed by atoms with Crippen molar-refractivity contribution < 1.29 is 9.59 Å². The summed E-state index contributed by atoms with van der Waals surface area (Å²) >= 11 is 0. The molecular weight excluding hydrogens is 130 g/mol. The van der Waals surface area contributed by atoms with Crippen molar-refractivity contribution in [1.29, 1.82) is 0 Å². The number of carbonyl (C=O) groups is 2. The second kappa shape index (κ2) is 1.68. The predicted octanol–water partition coefficient (Wildman–Crippen LogP) is -0.0208. The number of hydrogen-bond donors (Lipinski definition) is 1. The minimum atomic E-state index is -0.257. The van der Waals surface area contributed by atoms with E-state index in [0.717, 1.165) is 12.8 Å². The highest BCUT2D eigenvalue weighted by molar-refractivity contribution is 6.16. The van der Waals surface area contributed by atoms with E-state index in [2.05, 4.69) is 5.32 Å². The molecule has 0 radical (unpaired) electrons. The van der Waals surface area contributed by atoms with Crippen molar-refractivity contribution in [3.63, 3.8) is 0 Å². The minimum Gasteiger partial charge on any atom is -0.289 e. The molecule has 0 bridgehead atoms. The third kappa shape index (κ3) is 0.744.